The third-order valence-electron chi connectivity index (χ3n) is 4.04. The van der Waals surface area contributed by atoms with Crippen molar-refractivity contribution in [3.63, 3.8) is 0 Å². The molecule has 2 heterocycles. The zero-order valence-corrected chi connectivity index (χ0v) is 14.6. The first kappa shape index (κ1) is 17.9. The average molecular weight is 322 g/mol. The van der Waals surface area contributed by atoms with Gasteiger partial charge in [0.15, 0.2) is 0 Å². The highest BCUT2D eigenvalue weighted by atomic mass is 16.5. The molecule has 23 heavy (non-hydrogen) atoms. The summed E-state index contributed by atoms with van der Waals surface area (Å²) < 4.78 is 10.9. The molecule has 1 aliphatic heterocycles. The van der Waals surface area contributed by atoms with Crippen LogP contribution in [0.4, 0.5) is 4.79 Å². The fourth-order valence-electron chi connectivity index (χ4n) is 2.99. The van der Waals surface area contributed by atoms with Gasteiger partial charge in [0.25, 0.3) is 0 Å². The number of hydrogen-bond donors (Lipinski definition) is 1. The van der Waals surface area contributed by atoms with E-state index in [-0.39, 0.29) is 11.6 Å². The molecule has 2 rings (SSSR count). The lowest BCUT2D eigenvalue weighted by atomic mass is 10.1. The molecule has 1 N–H and O–H groups in total. The first-order chi connectivity index (χ1) is 11.0. The topological polar surface area (TPSA) is 54.7 Å². The van der Waals surface area contributed by atoms with E-state index in [2.05, 4.69) is 16.3 Å². The van der Waals surface area contributed by atoms with Gasteiger partial charge in [0.2, 0.25) is 0 Å². The van der Waals surface area contributed by atoms with E-state index < -0.39 is 0 Å². The Morgan fingerprint density at radius 3 is 2.70 bits per heavy atom. The van der Waals surface area contributed by atoms with Gasteiger partial charge in [-0.1, -0.05) is 0 Å². The number of amides is 1. The van der Waals surface area contributed by atoms with Crippen molar-refractivity contribution in [1.29, 1.82) is 0 Å². The molecule has 5 nitrogen and oxygen atoms in total. The van der Waals surface area contributed by atoms with Crippen molar-refractivity contribution in [2.75, 3.05) is 19.7 Å². The van der Waals surface area contributed by atoms with E-state index in [0.29, 0.717) is 12.6 Å². The lowest BCUT2D eigenvalue weighted by Crippen LogP contribution is -2.41. The van der Waals surface area contributed by atoms with Crippen LogP contribution >= 0.6 is 0 Å². The molecule has 0 saturated carbocycles. The van der Waals surface area contributed by atoms with Gasteiger partial charge in [0.05, 0.1) is 18.9 Å². The minimum absolute atomic E-state index is 0.253. The fourth-order valence-corrected chi connectivity index (χ4v) is 2.99. The SMILES string of the molecule is CC(C)(C)NC(=O)OCCCCC(c1ccco1)N1CCCC1. The molecular weight excluding hydrogens is 292 g/mol. The zero-order chi connectivity index (χ0) is 16.7. The van der Waals surface area contributed by atoms with E-state index >= 15 is 0 Å². The Bertz CT molecular complexity index is 459. The number of hydrogen-bond acceptors (Lipinski definition) is 4. The average Bonchev–Trinajstić information content (AvgIpc) is 3.14. The summed E-state index contributed by atoms with van der Waals surface area (Å²) in [6, 6.07) is 4.38. The van der Waals surface area contributed by atoms with Gasteiger partial charge in [-0.15, -0.1) is 0 Å². The maximum absolute atomic E-state index is 11.6. The van der Waals surface area contributed by atoms with Gasteiger partial charge in [-0.25, -0.2) is 4.79 Å². The molecule has 1 atom stereocenters. The van der Waals surface area contributed by atoms with Crippen molar-refractivity contribution in [2.24, 2.45) is 0 Å². The Kier molecular flexibility index (Phi) is 6.51. The largest absolute Gasteiger partial charge is 0.468 e. The molecule has 1 aromatic rings. The Balaban J connectivity index is 1.69. The van der Waals surface area contributed by atoms with Gasteiger partial charge in [-0.05, 0) is 78.1 Å². The minimum atomic E-state index is -0.334. The second-order valence-corrected chi connectivity index (χ2v) is 7.28. The first-order valence-corrected chi connectivity index (χ1v) is 8.68. The molecule has 1 aliphatic rings. The van der Waals surface area contributed by atoms with Crippen molar-refractivity contribution in [1.82, 2.24) is 10.2 Å². The second-order valence-electron chi connectivity index (χ2n) is 7.28. The quantitative estimate of drug-likeness (QED) is 0.768. The predicted molar refractivity (Wildman–Crippen MR) is 90.3 cm³/mol. The molecule has 5 heteroatoms. The minimum Gasteiger partial charge on any atom is -0.468 e. The summed E-state index contributed by atoms with van der Waals surface area (Å²) in [6.45, 7) is 8.59. The Morgan fingerprint density at radius 1 is 1.35 bits per heavy atom. The summed E-state index contributed by atoms with van der Waals surface area (Å²) in [5.41, 5.74) is -0.253. The molecule has 0 aliphatic carbocycles. The van der Waals surface area contributed by atoms with Crippen LogP contribution in [0.3, 0.4) is 0 Å². The van der Waals surface area contributed by atoms with E-state index in [1.54, 1.807) is 6.26 Å². The molecule has 0 aromatic carbocycles. The standard InChI is InChI=1S/C18H30N2O3/c1-18(2,3)19-17(21)23-13-7-4-9-15(16-10-8-14-22-16)20-11-5-6-12-20/h8,10,14-15H,4-7,9,11-13H2,1-3H3,(H,19,21). The molecule has 1 amide bonds. The number of unbranched alkanes of at least 4 members (excludes halogenated alkanes) is 1. The summed E-state index contributed by atoms with van der Waals surface area (Å²) in [7, 11) is 0. The van der Waals surface area contributed by atoms with Crippen LogP contribution in [0.2, 0.25) is 0 Å². The number of alkyl carbamates (subject to hydrolysis) is 1. The van der Waals surface area contributed by atoms with E-state index in [0.717, 1.165) is 38.1 Å². The van der Waals surface area contributed by atoms with Crippen molar-refractivity contribution in [2.45, 2.75) is 64.5 Å². The van der Waals surface area contributed by atoms with E-state index in [1.807, 2.05) is 26.8 Å². The highest BCUT2D eigenvalue weighted by molar-refractivity contribution is 5.67. The van der Waals surface area contributed by atoms with Crippen LogP contribution in [0, 0.1) is 0 Å². The Morgan fingerprint density at radius 2 is 2.09 bits per heavy atom. The van der Waals surface area contributed by atoms with Gasteiger partial charge in [-0.2, -0.15) is 0 Å². The smallest absolute Gasteiger partial charge is 0.407 e. The number of nitrogens with one attached hydrogen (secondary N) is 1. The number of carbonyl (C=O) groups excluding carboxylic acids is 1. The highest BCUT2D eigenvalue weighted by Crippen LogP contribution is 2.29. The molecule has 1 unspecified atom stereocenters. The van der Waals surface area contributed by atoms with Gasteiger partial charge >= 0.3 is 6.09 Å². The van der Waals surface area contributed by atoms with Crippen molar-refractivity contribution < 1.29 is 13.9 Å². The summed E-state index contributed by atoms with van der Waals surface area (Å²) in [5.74, 6) is 1.05. The summed E-state index contributed by atoms with van der Waals surface area (Å²) >= 11 is 0. The molecule has 1 fully saturated rings. The summed E-state index contributed by atoms with van der Waals surface area (Å²) in [4.78, 5) is 14.1. The molecule has 0 spiro atoms. The molecule has 0 bridgehead atoms. The van der Waals surface area contributed by atoms with Crippen LogP contribution in [0.25, 0.3) is 0 Å². The van der Waals surface area contributed by atoms with Crippen LogP contribution in [0.1, 0.15) is 64.7 Å². The third-order valence-corrected chi connectivity index (χ3v) is 4.04. The summed E-state index contributed by atoms with van der Waals surface area (Å²) in [5, 5.41) is 2.80. The number of ether oxygens (including phenoxy) is 1. The zero-order valence-electron chi connectivity index (χ0n) is 14.6. The Hall–Kier alpha value is -1.49. The van der Waals surface area contributed by atoms with Crippen molar-refractivity contribution in [3.05, 3.63) is 24.2 Å². The van der Waals surface area contributed by atoms with Crippen molar-refractivity contribution in [3.8, 4) is 0 Å². The maximum Gasteiger partial charge on any atom is 0.407 e. The lowest BCUT2D eigenvalue weighted by molar-refractivity contribution is 0.133. The van der Waals surface area contributed by atoms with Crippen LogP contribution in [-0.2, 0) is 4.74 Å². The predicted octanol–water partition coefficient (Wildman–Crippen LogP) is 4.11. The van der Waals surface area contributed by atoms with Crippen LogP contribution < -0.4 is 5.32 Å². The van der Waals surface area contributed by atoms with Gasteiger partial charge < -0.3 is 14.5 Å². The third kappa shape index (κ3) is 6.26. The van der Waals surface area contributed by atoms with Gasteiger partial charge in [0.1, 0.15) is 5.76 Å². The molecule has 1 aromatic heterocycles. The molecular formula is C18H30N2O3. The maximum atomic E-state index is 11.6. The number of likely N-dealkylation sites (tertiary alicyclic amines) is 1. The van der Waals surface area contributed by atoms with E-state index in [1.165, 1.54) is 12.8 Å². The van der Waals surface area contributed by atoms with Crippen LogP contribution in [0.5, 0.6) is 0 Å². The van der Waals surface area contributed by atoms with E-state index in [9.17, 15) is 4.79 Å². The first-order valence-electron chi connectivity index (χ1n) is 8.68. The van der Waals surface area contributed by atoms with Crippen molar-refractivity contribution >= 4 is 6.09 Å². The second kappa shape index (κ2) is 8.39. The van der Waals surface area contributed by atoms with Crippen LogP contribution in [-0.4, -0.2) is 36.2 Å². The highest BCUT2D eigenvalue weighted by Gasteiger charge is 2.25. The van der Waals surface area contributed by atoms with Gasteiger partial charge in [0, 0.05) is 5.54 Å². The monoisotopic (exact) mass is 322 g/mol. The Labute approximate surface area is 139 Å². The number of carbonyl (C=O) groups is 1. The number of rotatable bonds is 7. The van der Waals surface area contributed by atoms with Crippen LogP contribution in [0.15, 0.2) is 22.8 Å². The van der Waals surface area contributed by atoms with Gasteiger partial charge in [-0.3, -0.25) is 4.90 Å². The lowest BCUT2D eigenvalue weighted by Gasteiger charge is -2.25. The number of furan rings is 1. The number of nitrogens with zero attached hydrogens (tertiary/aromatic N) is 1. The molecule has 0 radical (unpaired) electrons. The fraction of sp³-hybridized carbons (Fsp3) is 0.722. The molecule has 1 saturated heterocycles. The normalized spacial score (nSPS) is 17.2. The summed E-state index contributed by atoms with van der Waals surface area (Å²) in [6.07, 6.45) is 6.89. The van der Waals surface area contributed by atoms with E-state index in [4.69, 9.17) is 9.15 Å². The molecule has 130 valence electrons.